The zero-order chi connectivity index (χ0) is 23.7. The van der Waals surface area contributed by atoms with Crippen LogP contribution in [-0.4, -0.2) is 61.8 Å². The molecule has 1 atom stereocenters. The third kappa shape index (κ3) is 4.24. The van der Waals surface area contributed by atoms with Gasteiger partial charge in [-0.1, -0.05) is 48.5 Å². The molecule has 2 aliphatic heterocycles. The molecule has 2 saturated heterocycles. The fourth-order valence-electron chi connectivity index (χ4n) is 4.76. The molecular weight excluding hydrogens is 428 g/mol. The first-order valence-corrected chi connectivity index (χ1v) is 11.7. The Morgan fingerprint density at radius 2 is 1.68 bits per heavy atom. The highest BCUT2D eigenvalue weighted by atomic mass is 16.5. The summed E-state index contributed by atoms with van der Waals surface area (Å²) in [6.45, 7) is 5.96. The Kier molecular flexibility index (Phi) is 5.98. The standard InChI is InChI=1S/C27H30N4O3/c1-27(23-10-9-21-5-3-4-6-22(21)17-23)25(32)31(26(33)28-27)19-29(2)18-20-7-11-24(12-8-20)30-13-15-34-16-14-30/h3-12,17H,13-16,18-19H2,1-2H3,(H,28,33)/t27-/m1/s1. The van der Waals surface area contributed by atoms with Gasteiger partial charge >= 0.3 is 6.03 Å². The van der Waals surface area contributed by atoms with Crippen molar-refractivity contribution in [3.63, 3.8) is 0 Å². The number of morpholine rings is 1. The summed E-state index contributed by atoms with van der Waals surface area (Å²) in [5.41, 5.74) is 2.02. The van der Waals surface area contributed by atoms with Crippen LogP contribution in [0.25, 0.3) is 10.8 Å². The van der Waals surface area contributed by atoms with Crippen molar-refractivity contribution in [1.82, 2.24) is 15.1 Å². The van der Waals surface area contributed by atoms with Crippen LogP contribution in [0.3, 0.4) is 0 Å². The molecule has 176 valence electrons. The van der Waals surface area contributed by atoms with Crippen LogP contribution in [0, 0.1) is 0 Å². The van der Waals surface area contributed by atoms with Crippen molar-refractivity contribution in [3.05, 3.63) is 77.9 Å². The number of ether oxygens (including phenoxy) is 1. The fourth-order valence-corrected chi connectivity index (χ4v) is 4.76. The molecule has 5 rings (SSSR count). The van der Waals surface area contributed by atoms with E-state index in [-0.39, 0.29) is 18.6 Å². The van der Waals surface area contributed by atoms with Crippen molar-refractivity contribution in [1.29, 1.82) is 0 Å². The number of rotatable bonds is 6. The summed E-state index contributed by atoms with van der Waals surface area (Å²) in [6.07, 6.45) is 0. The molecule has 0 saturated carbocycles. The monoisotopic (exact) mass is 458 g/mol. The molecule has 0 spiro atoms. The Balaban J connectivity index is 1.26. The normalized spacial score (nSPS) is 20.9. The van der Waals surface area contributed by atoms with Crippen molar-refractivity contribution < 1.29 is 14.3 Å². The number of urea groups is 1. The molecule has 3 aromatic rings. The first-order chi connectivity index (χ1) is 16.4. The van der Waals surface area contributed by atoms with Gasteiger partial charge in [0, 0.05) is 25.3 Å². The minimum Gasteiger partial charge on any atom is -0.378 e. The van der Waals surface area contributed by atoms with E-state index < -0.39 is 5.54 Å². The molecule has 7 heteroatoms. The molecule has 2 aliphatic rings. The van der Waals surface area contributed by atoms with Crippen molar-refractivity contribution in [3.8, 4) is 0 Å². The lowest BCUT2D eigenvalue weighted by molar-refractivity contribution is -0.132. The minimum absolute atomic E-state index is 0.221. The van der Waals surface area contributed by atoms with E-state index in [4.69, 9.17) is 4.74 Å². The summed E-state index contributed by atoms with van der Waals surface area (Å²) in [5.74, 6) is -0.234. The first-order valence-electron chi connectivity index (χ1n) is 11.7. The summed E-state index contributed by atoms with van der Waals surface area (Å²) in [6, 6.07) is 22.0. The number of fused-ring (bicyclic) bond motifs is 1. The number of anilines is 1. The molecule has 2 heterocycles. The highest BCUT2D eigenvalue weighted by Gasteiger charge is 2.49. The molecule has 0 radical (unpaired) electrons. The maximum atomic E-state index is 13.4. The van der Waals surface area contributed by atoms with Crippen LogP contribution in [0.1, 0.15) is 18.1 Å². The molecule has 34 heavy (non-hydrogen) atoms. The van der Waals surface area contributed by atoms with Gasteiger partial charge in [0.1, 0.15) is 5.54 Å². The van der Waals surface area contributed by atoms with E-state index in [9.17, 15) is 9.59 Å². The van der Waals surface area contributed by atoms with Gasteiger partial charge in [-0.05, 0) is 54.1 Å². The lowest BCUT2D eigenvalue weighted by atomic mass is 9.90. The Morgan fingerprint density at radius 1 is 0.971 bits per heavy atom. The van der Waals surface area contributed by atoms with Crippen LogP contribution in [0.4, 0.5) is 10.5 Å². The largest absolute Gasteiger partial charge is 0.378 e. The highest BCUT2D eigenvalue weighted by molar-refractivity contribution is 6.07. The predicted octanol–water partition coefficient (Wildman–Crippen LogP) is 3.53. The van der Waals surface area contributed by atoms with Crippen molar-refractivity contribution in [2.45, 2.75) is 19.0 Å². The number of imide groups is 1. The summed E-state index contributed by atoms with van der Waals surface area (Å²) < 4.78 is 5.43. The topological polar surface area (TPSA) is 65.1 Å². The molecule has 0 aliphatic carbocycles. The van der Waals surface area contributed by atoms with Crippen molar-refractivity contribution in [2.24, 2.45) is 0 Å². The van der Waals surface area contributed by atoms with Gasteiger partial charge in [0.05, 0.1) is 19.9 Å². The van der Waals surface area contributed by atoms with Crippen LogP contribution >= 0.6 is 0 Å². The van der Waals surface area contributed by atoms with Crippen molar-refractivity contribution in [2.75, 3.05) is 44.9 Å². The lowest BCUT2D eigenvalue weighted by Gasteiger charge is -2.29. The Morgan fingerprint density at radius 3 is 2.41 bits per heavy atom. The number of carbonyl (C=O) groups is 2. The van der Waals surface area contributed by atoms with Gasteiger partial charge in [-0.3, -0.25) is 9.69 Å². The first kappa shape index (κ1) is 22.4. The second-order valence-electron chi connectivity index (χ2n) is 9.27. The van der Waals surface area contributed by atoms with E-state index in [0.29, 0.717) is 6.54 Å². The van der Waals surface area contributed by atoms with E-state index >= 15 is 0 Å². The van der Waals surface area contributed by atoms with Gasteiger partial charge in [-0.2, -0.15) is 0 Å². The number of nitrogens with zero attached hydrogens (tertiary/aromatic N) is 3. The molecule has 3 amide bonds. The van der Waals surface area contributed by atoms with Gasteiger partial charge in [-0.15, -0.1) is 0 Å². The van der Waals surface area contributed by atoms with Gasteiger partial charge < -0.3 is 15.0 Å². The molecular formula is C27H30N4O3. The van der Waals surface area contributed by atoms with Gasteiger partial charge in [0.15, 0.2) is 0 Å². The Bertz CT molecular complexity index is 1210. The van der Waals surface area contributed by atoms with Crippen LogP contribution in [-0.2, 0) is 21.6 Å². The average molecular weight is 459 g/mol. The SMILES string of the molecule is CN(Cc1ccc(N2CCOCC2)cc1)CN1C(=O)N[C@](C)(c2ccc3ccccc3c2)C1=O. The van der Waals surface area contributed by atoms with E-state index in [1.54, 1.807) is 6.92 Å². The molecule has 0 bridgehead atoms. The molecule has 1 N–H and O–H groups in total. The highest BCUT2D eigenvalue weighted by Crippen LogP contribution is 2.31. The van der Waals surface area contributed by atoms with Gasteiger partial charge in [-0.25, -0.2) is 9.69 Å². The molecule has 0 unspecified atom stereocenters. The smallest absolute Gasteiger partial charge is 0.326 e. The fraction of sp³-hybridized carbons (Fsp3) is 0.333. The van der Waals surface area contributed by atoms with Crippen LogP contribution in [0.15, 0.2) is 66.7 Å². The third-order valence-corrected chi connectivity index (χ3v) is 6.75. The summed E-state index contributed by atoms with van der Waals surface area (Å²) in [5, 5.41) is 5.06. The minimum atomic E-state index is -1.08. The number of benzene rings is 3. The van der Waals surface area contributed by atoms with Crippen LogP contribution < -0.4 is 10.2 Å². The van der Waals surface area contributed by atoms with E-state index in [1.165, 1.54) is 10.6 Å². The van der Waals surface area contributed by atoms with E-state index in [2.05, 4.69) is 34.5 Å². The Hall–Kier alpha value is -3.42. The number of amides is 3. The zero-order valence-corrected chi connectivity index (χ0v) is 19.7. The maximum Gasteiger partial charge on any atom is 0.326 e. The van der Waals surface area contributed by atoms with E-state index in [1.807, 2.05) is 54.4 Å². The molecule has 3 aromatic carbocycles. The second-order valence-corrected chi connectivity index (χ2v) is 9.27. The molecule has 7 nitrogen and oxygen atoms in total. The third-order valence-electron chi connectivity index (χ3n) is 6.75. The second kappa shape index (κ2) is 9.08. The summed E-state index contributed by atoms with van der Waals surface area (Å²) >= 11 is 0. The van der Waals surface area contributed by atoms with Gasteiger partial charge in [0.2, 0.25) is 0 Å². The quantitative estimate of drug-likeness (QED) is 0.573. The zero-order valence-electron chi connectivity index (χ0n) is 19.7. The predicted molar refractivity (Wildman–Crippen MR) is 132 cm³/mol. The molecule has 2 fully saturated rings. The maximum absolute atomic E-state index is 13.4. The number of hydrogen-bond acceptors (Lipinski definition) is 5. The summed E-state index contributed by atoms with van der Waals surface area (Å²) in [4.78, 5) is 31.8. The summed E-state index contributed by atoms with van der Waals surface area (Å²) in [7, 11) is 1.92. The average Bonchev–Trinajstić information content (AvgIpc) is 3.08. The van der Waals surface area contributed by atoms with E-state index in [0.717, 1.165) is 48.2 Å². The Labute approximate surface area is 199 Å². The van der Waals surface area contributed by atoms with Crippen LogP contribution in [0.5, 0.6) is 0 Å². The number of carbonyl (C=O) groups excluding carboxylic acids is 2. The lowest BCUT2D eigenvalue weighted by Crippen LogP contribution is -2.42. The molecule has 0 aromatic heterocycles. The van der Waals surface area contributed by atoms with Crippen LogP contribution in [0.2, 0.25) is 0 Å². The number of nitrogens with one attached hydrogen (secondary N) is 1. The van der Waals surface area contributed by atoms with Gasteiger partial charge in [0.25, 0.3) is 5.91 Å². The van der Waals surface area contributed by atoms with Crippen molar-refractivity contribution >= 4 is 28.4 Å². The number of hydrogen-bond donors (Lipinski definition) is 1.